The van der Waals surface area contributed by atoms with E-state index in [1.54, 1.807) is 12.5 Å². The van der Waals surface area contributed by atoms with Gasteiger partial charge in [0, 0.05) is 12.4 Å². The van der Waals surface area contributed by atoms with Crippen LogP contribution in [0.1, 0.15) is 5.56 Å². The zero-order chi connectivity index (χ0) is 13.5. The van der Waals surface area contributed by atoms with Crippen LogP contribution in [0.25, 0.3) is 0 Å². The van der Waals surface area contributed by atoms with E-state index >= 15 is 0 Å². The van der Waals surface area contributed by atoms with Crippen molar-refractivity contribution in [2.45, 2.75) is 13.0 Å². The number of rotatable bonds is 6. The maximum atomic E-state index is 11.1. The van der Waals surface area contributed by atoms with Gasteiger partial charge in [0.2, 0.25) is 0 Å². The standard InChI is InChI=1S/C14H16N2O3/c1-18-14(17)10-12-2-4-13(5-3-12)19-9-8-16-7-6-15-11-16/h2-7,11H,8-10H2,1H3. The highest BCUT2D eigenvalue weighted by molar-refractivity contribution is 5.72. The van der Waals surface area contributed by atoms with Crippen LogP contribution in [0.3, 0.4) is 0 Å². The summed E-state index contributed by atoms with van der Waals surface area (Å²) in [7, 11) is 1.38. The minimum atomic E-state index is -0.242. The first-order valence-electron chi connectivity index (χ1n) is 6.02. The molecule has 0 aliphatic heterocycles. The Morgan fingerprint density at radius 2 is 2.11 bits per heavy atom. The fourth-order valence-corrected chi connectivity index (χ4v) is 1.63. The normalized spacial score (nSPS) is 10.2. The molecule has 0 bridgehead atoms. The lowest BCUT2D eigenvalue weighted by molar-refractivity contribution is -0.139. The van der Waals surface area contributed by atoms with E-state index in [4.69, 9.17) is 4.74 Å². The highest BCUT2D eigenvalue weighted by atomic mass is 16.5. The Morgan fingerprint density at radius 3 is 2.74 bits per heavy atom. The fraction of sp³-hybridized carbons (Fsp3) is 0.286. The predicted octanol–water partition coefficient (Wildman–Crippen LogP) is 1.68. The maximum absolute atomic E-state index is 11.1. The molecule has 0 saturated carbocycles. The number of nitrogens with zero attached hydrogens (tertiary/aromatic N) is 2. The molecule has 0 N–H and O–H groups in total. The van der Waals surface area contributed by atoms with Gasteiger partial charge in [0.15, 0.2) is 0 Å². The number of hydrogen-bond donors (Lipinski definition) is 0. The summed E-state index contributed by atoms with van der Waals surface area (Å²) in [4.78, 5) is 15.1. The van der Waals surface area contributed by atoms with Gasteiger partial charge in [-0.1, -0.05) is 12.1 Å². The van der Waals surface area contributed by atoms with Crippen molar-refractivity contribution in [3.05, 3.63) is 48.5 Å². The van der Waals surface area contributed by atoms with Crippen molar-refractivity contribution in [3.8, 4) is 5.75 Å². The summed E-state index contributed by atoms with van der Waals surface area (Å²) in [5.74, 6) is 0.544. The third-order valence-corrected chi connectivity index (χ3v) is 2.68. The lowest BCUT2D eigenvalue weighted by atomic mass is 10.1. The molecule has 1 aromatic heterocycles. The van der Waals surface area contributed by atoms with Crippen molar-refractivity contribution in [2.75, 3.05) is 13.7 Å². The molecule has 0 unspecified atom stereocenters. The van der Waals surface area contributed by atoms with Crippen molar-refractivity contribution < 1.29 is 14.3 Å². The Morgan fingerprint density at radius 1 is 1.32 bits per heavy atom. The van der Waals surface area contributed by atoms with Crippen molar-refractivity contribution in [1.29, 1.82) is 0 Å². The van der Waals surface area contributed by atoms with E-state index in [0.29, 0.717) is 6.61 Å². The molecular weight excluding hydrogens is 244 g/mol. The van der Waals surface area contributed by atoms with Gasteiger partial charge in [-0.25, -0.2) is 4.98 Å². The van der Waals surface area contributed by atoms with Gasteiger partial charge in [-0.15, -0.1) is 0 Å². The zero-order valence-electron chi connectivity index (χ0n) is 10.8. The molecule has 0 radical (unpaired) electrons. The third kappa shape index (κ3) is 4.13. The van der Waals surface area contributed by atoms with Crippen molar-refractivity contribution in [3.63, 3.8) is 0 Å². The van der Waals surface area contributed by atoms with Gasteiger partial charge >= 0.3 is 5.97 Å². The number of ether oxygens (including phenoxy) is 2. The second-order valence-corrected chi connectivity index (χ2v) is 4.05. The molecule has 0 atom stereocenters. The van der Waals surface area contributed by atoms with Crippen molar-refractivity contribution in [1.82, 2.24) is 9.55 Å². The summed E-state index contributed by atoms with van der Waals surface area (Å²) in [5, 5.41) is 0. The minimum absolute atomic E-state index is 0.242. The summed E-state index contributed by atoms with van der Waals surface area (Å²) in [6, 6.07) is 7.44. The van der Waals surface area contributed by atoms with Crippen LogP contribution in [0.4, 0.5) is 0 Å². The molecule has 1 aromatic carbocycles. The van der Waals surface area contributed by atoms with E-state index < -0.39 is 0 Å². The van der Waals surface area contributed by atoms with Crippen LogP contribution < -0.4 is 4.74 Å². The first-order valence-corrected chi connectivity index (χ1v) is 6.02. The Balaban J connectivity index is 1.80. The number of hydrogen-bond acceptors (Lipinski definition) is 4. The average Bonchev–Trinajstić information content (AvgIpc) is 2.94. The molecule has 5 heteroatoms. The lowest BCUT2D eigenvalue weighted by Gasteiger charge is -2.07. The zero-order valence-corrected chi connectivity index (χ0v) is 10.8. The van der Waals surface area contributed by atoms with Crippen molar-refractivity contribution in [2.24, 2.45) is 0 Å². The average molecular weight is 260 g/mol. The number of carbonyl (C=O) groups excluding carboxylic acids is 1. The Bertz CT molecular complexity index is 506. The van der Waals surface area contributed by atoms with Crippen LogP contribution in [0.5, 0.6) is 5.75 Å². The first kappa shape index (κ1) is 13.1. The molecule has 5 nitrogen and oxygen atoms in total. The summed E-state index contributed by atoms with van der Waals surface area (Å²) in [6.07, 6.45) is 5.67. The third-order valence-electron chi connectivity index (χ3n) is 2.68. The van der Waals surface area contributed by atoms with E-state index in [0.717, 1.165) is 17.9 Å². The number of imidazole rings is 1. The molecule has 0 amide bonds. The summed E-state index contributed by atoms with van der Waals surface area (Å²) < 4.78 is 12.2. The molecular formula is C14H16N2O3. The summed E-state index contributed by atoms with van der Waals surface area (Å²) in [6.45, 7) is 1.33. The lowest BCUT2D eigenvalue weighted by Crippen LogP contribution is -2.07. The molecule has 0 spiro atoms. The molecule has 2 rings (SSSR count). The van der Waals surface area contributed by atoms with E-state index in [-0.39, 0.29) is 12.4 Å². The Kier molecular flexibility index (Phi) is 4.55. The minimum Gasteiger partial charge on any atom is -0.492 e. The number of methoxy groups -OCH3 is 1. The van der Waals surface area contributed by atoms with Crippen LogP contribution in [0, 0.1) is 0 Å². The van der Waals surface area contributed by atoms with E-state index in [9.17, 15) is 4.79 Å². The molecule has 100 valence electrons. The maximum Gasteiger partial charge on any atom is 0.309 e. The number of esters is 1. The molecule has 2 aromatic rings. The first-order chi connectivity index (χ1) is 9.28. The van der Waals surface area contributed by atoms with E-state index in [1.807, 2.05) is 35.0 Å². The van der Waals surface area contributed by atoms with Gasteiger partial charge in [-0.2, -0.15) is 0 Å². The largest absolute Gasteiger partial charge is 0.492 e. The molecule has 0 fully saturated rings. The monoisotopic (exact) mass is 260 g/mol. The molecule has 19 heavy (non-hydrogen) atoms. The molecule has 0 aliphatic carbocycles. The van der Waals surface area contributed by atoms with E-state index in [2.05, 4.69) is 9.72 Å². The predicted molar refractivity (Wildman–Crippen MR) is 69.9 cm³/mol. The Hall–Kier alpha value is -2.30. The second-order valence-electron chi connectivity index (χ2n) is 4.05. The van der Waals surface area contributed by atoms with Gasteiger partial charge in [0.05, 0.1) is 26.4 Å². The van der Waals surface area contributed by atoms with Crippen LogP contribution in [0.2, 0.25) is 0 Å². The van der Waals surface area contributed by atoms with Gasteiger partial charge in [-0.3, -0.25) is 4.79 Å². The number of aromatic nitrogens is 2. The molecule has 0 aliphatic rings. The van der Waals surface area contributed by atoms with Crippen LogP contribution in [-0.4, -0.2) is 29.2 Å². The SMILES string of the molecule is COC(=O)Cc1ccc(OCCn2ccnc2)cc1. The van der Waals surface area contributed by atoms with Gasteiger partial charge in [0.1, 0.15) is 12.4 Å². The van der Waals surface area contributed by atoms with Crippen LogP contribution >= 0.6 is 0 Å². The molecule has 1 heterocycles. The van der Waals surface area contributed by atoms with Crippen molar-refractivity contribution >= 4 is 5.97 Å². The number of benzene rings is 1. The highest BCUT2D eigenvalue weighted by Crippen LogP contribution is 2.13. The topological polar surface area (TPSA) is 53.4 Å². The highest BCUT2D eigenvalue weighted by Gasteiger charge is 2.02. The van der Waals surface area contributed by atoms with E-state index in [1.165, 1.54) is 7.11 Å². The second kappa shape index (κ2) is 6.58. The van der Waals surface area contributed by atoms with Gasteiger partial charge < -0.3 is 14.0 Å². The summed E-state index contributed by atoms with van der Waals surface area (Å²) >= 11 is 0. The smallest absolute Gasteiger partial charge is 0.309 e. The van der Waals surface area contributed by atoms with Gasteiger partial charge in [-0.05, 0) is 17.7 Å². The summed E-state index contributed by atoms with van der Waals surface area (Å²) in [5.41, 5.74) is 0.911. The van der Waals surface area contributed by atoms with Crippen LogP contribution in [-0.2, 0) is 22.5 Å². The molecule has 0 saturated heterocycles. The number of carbonyl (C=O) groups is 1. The quantitative estimate of drug-likeness (QED) is 0.741. The fourth-order valence-electron chi connectivity index (χ4n) is 1.63. The van der Waals surface area contributed by atoms with Gasteiger partial charge in [0.25, 0.3) is 0 Å². The van der Waals surface area contributed by atoms with Crippen LogP contribution in [0.15, 0.2) is 43.0 Å². The Labute approximate surface area is 111 Å².